The predicted molar refractivity (Wildman–Crippen MR) is 118 cm³/mol. The van der Waals surface area contributed by atoms with E-state index in [1.807, 2.05) is 60.8 Å². The summed E-state index contributed by atoms with van der Waals surface area (Å²) in [5.41, 5.74) is 6.20. The molecule has 3 rings (SSSR count). The van der Waals surface area contributed by atoms with Crippen molar-refractivity contribution in [2.45, 2.75) is 13.0 Å². The maximum Gasteiger partial charge on any atom is 0.191 e. The molecule has 0 atom stereocenters. The normalized spacial score (nSPS) is 10.5. The lowest BCUT2D eigenvalue weighted by Crippen LogP contribution is -2.23. The molecule has 146 valence electrons. The van der Waals surface area contributed by atoms with Gasteiger partial charge in [0.2, 0.25) is 0 Å². The summed E-state index contributed by atoms with van der Waals surface area (Å²) in [5.74, 6) is 0.735. The molecule has 8 heteroatoms. The highest BCUT2D eigenvalue weighted by Crippen LogP contribution is 2.21. The minimum absolute atomic E-state index is 0.354. The van der Waals surface area contributed by atoms with Crippen molar-refractivity contribution in [3.05, 3.63) is 66.4 Å². The van der Waals surface area contributed by atoms with Gasteiger partial charge in [0, 0.05) is 29.1 Å². The van der Waals surface area contributed by atoms with Gasteiger partial charge >= 0.3 is 0 Å². The van der Waals surface area contributed by atoms with Crippen molar-refractivity contribution in [3.8, 4) is 23.1 Å². The third-order valence-electron chi connectivity index (χ3n) is 3.99. The summed E-state index contributed by atoms with van der Waals surface area (Å²) in [6.45, 7) is 0.521. The molecule has 0 spiro atoms. The van der Waals surface area contributed by atoms with E-state index in [0.717, 1.165) is 28.3 Å². The second-order valence-electron chi connectivity index (χ2n) is 6.03. The number of rotatable bonds is 7. The summed E-state index contributed by atoms with van der Waals surface area (Å²) in [5, 5.41) is 21.0. The Bertz CT molecular complexity index is 1040. The fourth-order valence-electron chi connectivity index (χ4n) is 2.65. The molecule has 0 saturated heterocycles. The number of hydrogen-bond donors (Lipinski definition) is 2. The number of benzene rings is 2. The maximum absolute atomic E-state index is 8.82. The molecule has 0 fully saturated rings. The zero-order chi connectivity index (χ0) is 20.5. The van der Waals surface area contributed by atoms with Gasteiger partial charge in [-0.05, 0) is 24.4 Å². The van der Waals surface area contributed by atoms with E-state index in [1.165, 1.54) is 0 Å². The number of thiocarbonyl (C=S) groups is 1. The van der Waals surface area contributed by atoms with E-state index in [9.17, 15) is 0 Å². The molecular formula is C21H20N6OS. The van der Waals surface area contributed by atoms with E-state index < -0.39 is 0 Å². The second-order valence-corrected chi connectivity index (χ2v) is 6.43. The van der Waals surface area contributed by atoms with Crippen LogP contribution >= 0.6 is 12.2 Å². The van der Waals surface area contributed by atoms with Gasteiger partial charge in [0.15, 0.2) is 5.11 Å². The predicted octanol–water partition coefficient (Wildman–Crippen LogP) is 3.79. The average Bonchev–Trinajstić information content (AvgIpc) is 3.16. The Morgan fingerprint density at radius 1 is 1.28 bits per heavy atom. The lowest BCUT2D eigenvalue weighted by Gasteiger charge is -2.08. The number of nitrogens with one attached hydrogen (secondary N) is 2. The van der Waals surface area contributed by atoms with Crippen LogP contribution in [0, 0.1) is 11.3 Å². The first kappa shape index (κ1) is 20.0. The van der Waals surface area contributed by atoms with E-state index in [2.05, 4.69) is 27.0 Å². The fraction of sp³-hybridized carbons (Fsp3) is 0.143. The van der Waals surface area contributed by atoms with Gasteiger partial charge in [-0.3, -0.25) is 10.1 Å². The van der Waals surface area contributed by atoms with Crippen LogP contribution in [-0.4, -0.2) is 28.2 Å². The van der Waals surface area contributed by atoms with Crippen molar-refractivity contribution < 1.29 is 4.74 Å². The molecule has 0 amide bonds. The van der Waals surface area contributed by atoms with E-state index in [4.69, 9.17) is 22.2 Å². The van der Waals surface area contributed by atoms with Crippen molar-refractivity contribution >= 4 is 29.2 Å². The van der Waals surface area contributed by atoms with Gasteiger partial charge in [0.05, 0.1) is 32.4 Å². The molecule has 0 aliphatic heterocycles. The van der Waals surface area contributed by atoms with E-state index >= 15 is 0 Å². The number of hydrazone groups is 1. The minimum atomic E-state index is 0.354. The van der Waals surface area contributed by atoms with Crippen molar-refractivity contribution in [3.63, 3.8) is 0 Å². The van der Waals surface area contributed by atoms with Crippen molar-refractivity contribution in [1.29, 1.82) is 5.26 Å². The van der Waals surface area contributed by atoms with E-state index in [0.29, 0.717) is 18.1 Å². The molecule has 0 aliphatic rings. The van der Waals surface area contributed by atoms with Gasteiger partial charge in [-0.15, -0.1) is 0 Å². The number of nitriles is 1. The number of hydrogen-bond acceptors (Lipinski definition) is 5. The second kappa shape index (κ2) is 10.0. The zero-order valence-electron chi connectivity index (χ0n) is 15.9. The lowest BCUT2D eigenvalue weighted by atomic mass is 10.1. The highest BCUT2D eigenvalue weighted by atomic mass is 32.1. The Kier molecular flexibility index (Phi) is 6.92. The van der Waals surface area contributed by atoms with Crippen molar-refractivity contribution in [2.24, 2.45) is 5.10 Å². The molecule has 0 saturated carbocycles. The Morgan fingerprint density at radius 3 is 2.86 bits per heavy atom. The smallest absolute Gasteiger partial charge is 0.191 e. The molecule has 0 unspecified atom stereocenters. The quantitative estimate of drug-likeness (QED) is 0.354. The van der Waals surface area contributed by atoms with Gasteiger partial charge in [0.1, 0.15) is 11.4 Å². The van der Waals surface area contributed by atoms with Crippen LogP contribution in [0.4, 0.5) is 5.69 Å². The largest absolute Gasteiger partial charge is 0.497 e. The first-order chi connectivity index (χ1) is 14.2. The van der Waals surface area contributed by atoms with Crippen molar-refractivity contribution in [2.75, 3.05) is 12.4 Å². The summed E-state index contributed by atoms with van der Waals surface area (Å²) in [4.78, 5) is 0. The van der Waals surface area contributed by atoms with Crippen LogP contribution in [0.1, 0.15) is 12.0 Å². The third-order valence-corrected chi connectivity index (χ3v) is 4.18. The zero-order valence-corrected chi connectivity index (χ0v) is 16.7. The molecular weight excluding hydrogens is 384 g/mol. The van der Waals surface area contributed by atoms with Gasteiger partial charge in [-0.25, -0.2) is 0 Å². The summed E-state index contributed by atoms with van der Waals surface area (Å²) in [6, 6.07) is 19.4. The number of nitrogens with zero attached hydrogens (tertiary/aromatic N) is 4. The van der Waals surface area contributed by atoms with Gasteiger partial charge in [0.25, 0.3) is 0 Å². The number of methoxy groups -OCH3 is 1. The number of anilines is 1. The monoisotopic (exact) mass is 404 g/mol. The number of aryl methyl sites for hydroxylation is 1. The van der Waals surface area contributed by atoms with Crippen LogP contribution < -0.4 is 15.5 Å². The van der Waals surface area contributed by atoms with Crippen LogP contribution in [0.2, 0.25) is 0 Å². The molecule has 2 aromatic carbocycles. The first-order valence-corrected chi connectivity index (χ1v) is 9.34. The van der Waals surface area contributed by atoms with E-state index in [1.54, 1.807) is 18.0 Å². The standard InChI is InChI=1S/C21H20N6OS/c1-28-19-10-5-9-18(13-19)24-21(29)25-23-14-17-15-27(12-6-11-22)26-20(17)16-7-3-2-4-8-16/h2-5,7-10,13-15H,6,12H2,1H3,(H2,24,25,29)/b23-14-. The van der Waals surface area contributed by atoms with Gasteiger partial charge in [-0.2, -0.15) is 15.5 Å². The van der Waals surface area contributed by atoms with Crippen LogP contribution in [0.3, 0.4) is 0 Å². The SMILES string of the molecule is COc1cccc(NC(=S)N/N=C\c2cn(CCC#N)nc2-c2ccccc2)c1. The molecule has 2 N–H and O–H groups in total. The van der Waals surface area contributed by atoms with Crippen molar-refractivity contribution in [1.82, 2.24) is 15.2 Å². The summed E-state index contributed by atoms with van der Waals surface area (Å²) in [7, 11) is 1.61. The molecule has 0 aliphatic carbocycles. The maximum atomic E-state index is 8.82. The topological polar surface area (TPSA) is 87.3 Å². The molecule has 7 nitrogen and oxygen atoms in total. The van der Waals surface area contributed by atoms with Crippen LogP contribution in [0.25, 0.3) is 11.3 Å². The third kappa shape index (κ3) is 5.64. The Hall–Kier alpha value is -3.70. The van der Waals surface area contributed by atoms with Crippen LogP contribution in [-0.2, 0) is 6.54 Å². The van der Waals surface area contributed by atoms with Crippen LogP contribution in [0.5, 0.6) is 5.75 Å². The molecule has 0 bridgehead atoms. The highest BCUT2D eigenvalue weighted by Gasteiger charge is 2.09. The van der Waals surface area contributed by atoms with E-state index in [-0.39, 0.29) is 0 Å². The van der Waals surface area contributed by atoms with Gasteiger partial charge < -0.3 is 10.1 Å². The summed E-state index contributed by atoms with van der Waals surface area (Å²) < 4.78 is 6.95. The first-order valence-electron chi connectivity index (χ1n) is 8.93. The highest BCUT2D eigenvalue weighted by molar-refractivity contribution is 7.80. The Labute approximate surface area is 174 Å². The summed E-state index contributed by atoms with van der Waals surface area (Å²) >= 11 is 5.29. The molecule has 1 heterocycles. The lowest BCUT2D eigenvalue weighted by molar-refractivity contribution is 0.415. The molecule has 1 aromatic heterocycles. The molecule has 0 radical (unpaired) electrons. The Balaban J connectivity index is 1.71. The van der Waals surface area contributed by atoms with Gasteiger partial charge in [-0.1, -0.05) is 36.4 Å². The number of ether oxygens (including phenoxy) is 1. The van der Waals surface area contributed by atoms with Crippen LogP contribution in [0.15, 0.2) is 65.9 Å². The minimum Gasteiger partial charge on any atom is -0.497 e. The molecule has 3 aromatic rings. The summed E-state index contributed by atoms with van der Waals surface area (Å²) in [6.07, 6.45) is 3.92. The fourth-order valence-corrected chi connectivity index (χ4v) is 2.82. The molecule has 29 heavy (non-hydrogen) atoms. The number of aromatic nitrogens is 2. The average molecular weight is 404 g/mol. The Morgan fingerprint density at radius 2 is 2.10 bits per heavy atom.